The van der Waals surface area contributed by atoms with Crippen LogP contribution in [0.25, 0.3) is 11.1 Å². The second-order valence-electron chi connectivity index (χ2n) is 6.68. The van der Waals surface area contributed by atoms with Crippen molar-refractivity contribution in [3.8, 4) is 11.1 Å². The fourth-order valence-electron chi connectivity index (χ4n) is 3.08. The van der Waals surface area contributed by atoms with Crippen LogP contribution in [0.2, 0.25) is 0 Å². The molecule has 1 heterocycles. The quantitative estimate of drug-likeness (QED) is 0.898. The normalized spacial score (nSPS) is 18.1. The van der Waals surface area contributed by atoms with Gasteiger partial charge in [0.05, 0.1) is 18.8 Å². The predicted octanol–water partition coefficient (Wildman–Crippen LogP) is 3.56. The van der Waals surface area contributed by atoms with E-state index >= 15 is 0 Å². The molecule has 0 spiro atoms. The largest absolute Gasteiger partial charge is 0.385 e. The standard InChI is InChI=1S/C20H23F2NO2/c1-20(24,8-9-23-10-12-25-13-11-23)16-4-2-15(3-5-16)18-7-6-17(21)14-19(18)22/h2-7,14,24H,8-13H2,1H3. The first-order chi connectivity index (χ1) is 12.0. The lowest BCUT2D eigenvalue weighted by Crippen LogP contribution is -2.39. The van der Waals surface area contributed by atoms with Gasteiger partial charge >= 0.3 is 0 Å². The SMILES string of the molecule is CC(O)(CCN1CCOCC1)c1ccc(-c2ccc(F)cc2F)cc1. The lowest BCUT2D eigenvalue weighted by atomic mass is 9.90. The molecule has 3 nitrogen and oxygen atoms in total. The van der Waals surface area contributed by atoms with E-state index in [2.05, 4.69) is 4.90 Å². The predicted molar refractivity (Wildman–Crippen MR) is 93.2 cm³/mol. The maximum absolute atomic E-state index is 13.9. The molecule has 134 valence electrons. The number of hydrogen-bond acceptors (Lipinski definition) is 3. The Morgan fingerprint density at radius 3 is 2.40 bits per heavy atom. The summed E-state index contributed by atoms with van der Waals surface area (Å²) in [6, 6.07) is 10.7. The molecule has 1 aliphatic heterocycles. The first-order valence-corrected chi connectivity index (χ1v) is 8.54. The van der Waals surface area contributed by atoms with E-state index in [4.69, 9.17) is 4.74 Å². The van der Waals surface area contributed by atoms with E-state index in [1.165, 1.54) is 12.1 Å². The van der Waals surface area contributed by atoms with E-state index in [9.17, 15) is 13.9 Å². The molecule has 1 saturated heterocycles. The average Bonchev–Trinajstić information content (AvgIpc) is 2.61. The summed E-state index contributed by atoms with van der Waals surface area (Å²) in [6.07, 6.45) is 0.608. The fourth-order valence-corrected chi connectivity index (χ4v) is 3.08. The highest BCUT2D eigenvalue weighted by Gasteiger charge is 2.24. The molecular weight excluding hydrogens is 324 g/mol. The first-order valence-electron chi connectivity index (χ1n) is 8.54. The van der Waals surface area contributed by atoms with E-state index in [1.54, 1.807) is 31.2 Å². The van der Waals surface area contributed by atoms with Crippen molar-refractivity contribution in [1.82, 2.24) is 4.90 Å². The van der Waals surface area contributed by atoms with Gasteiger partial charge in [-0.1, -0.05) is 24.3 Å². The Balaban J connectivity index is 1.69. The number of benzene rings is 2. The van der Waals surface area contributed by atoms with E-state index in [-0.39, 0.29) is 0 Å². The Morgan fingerprint density at radius 2 is 1.76 bits per heavy atom. The van der Waals surface area contributed by atoms with Crippen molar-refractivity contribution in [2.24, 2.45) is 0 Å². The fraction of sp³-hybridized carbons (Fsp3) is 0.400. The average molecular weight is 347 g/mol. The summed E-state index contributed by atoms with van der Waals surface area (Å²) in [6.45, 7) is 5.84. The molecule has 25 heavy (non-hydrogen) atoms. The highest BCUT2D eigenvalue weighted by atomic mass is 19.1. The molecule has 3 rings (SSSR count). The first kappa shape index (κ1) is 18.0. The molecule has 0 aromatic heterocycles. The van der Waals surface area contributed by atoms with Crippen LogP contribution in [0.1, 0.15) is 18.9 Å². The van der Waals surface area contributed by atoms with Crippen LogP contribution in [-0.4, -0.2) is 42.9 Å². The third-order valence-electron chi connectivity index (χ3n) is 4.77. The van der Waals surface area contributed by atoms with Gasteiger partial charge in [0.15, 0.2) is 0 Å². The van der Waals surface area contributed by atoms with E-state index in [0.717, 1.165) is 44.5 Å². The molecule has 1 atom stereocenters. The van der Waals surface area contributed by atoms with Crippen LogP contribution >= 0.6 is 0 Å². The van der Waals surface area contributed by atoms with Crippen molar-refractivity contribution in [1.29, 1.82) is 0 Å². The van der Waals surface area contributed by atoms with Gasteiger partial charge in [0.2, 0.25) is 0 Å². The number of halogens is 2. The number of rotatable bonds is 5. The molecule has 1 fully saturated rings. The Kier molecular flexibility index (Phi) is 5.47. The summed E-state index contributed by atoms with van der Waals surface area (Å²) in [7, 11) is 0. The summed E-state index contributed by atoms with van der Waals surface area (Å²) in [5, 5.41) is 10.8. The number of hydrogen-bond donors (Lipinski definition) is 1. The van der Waals surface area contributed by atoms with Crippen molar-refractivity contribution in [3.05, 3.63) is 59.7 Å². The Morgan fingerprint density at radius 1 is 1.08 bits per heavy atom. The zero-order valence-corrected chi connectivity index (χ0v) is 14.3. The lowest BCUT2D eigenvalue weighted by molar-refractivity contribution is 0.00549. The summed E-state index contributed by atoms with van der Waals surface area (Å²) >= 11 is 0. The minimum atomic E-state index is -0.960. The zero-order chi connectivity index (χ0) is 17.9. The maximum Gasteiger partial charge on any atom is 0.133 e. The van der Waals surface area contributed by atoms with Crippen LogP contribution in [0.5, 0.6) is 0 Å². The molecule has 1 unspecified atom stereocenters. The summed E-state index contributed by atoms with van der Waals surface area (Å²) in [5.41, 5.74) is 0.830. The highest BCUT2D eigenvalue weighted by molar-refractivity contribution is 5.64. The molecule has 2 aromatic rings. The second kappa shape index (κ2) is 7.60. The van der Waals surface area contributed by atoms with Crippen LogP contribution in [0.3, 0.4) is 0 Å². The molecule has 0 bridgehead atoms. The van der Waals surface area contributed by atoms with Crippen molar-refractivity contribution in [2.45, 2.75) is 18.9 Å². The lowest BCUT2D eigenvalue weighted by Gasteiger charge is -2.31. The molecule has 1 aliphatic rings. The Hall–Kier alpha value is -1.82. The molecule has 0 aliphatic carbocycles. The van der Waals surface area contributed by atoms with Crippen molar-refractivity contribution >= 4 is 0 Å². The smallest absolute Gasteiger partial charge is 0.133 e. The maximum atomic E-state index is 13.9. The van der Waals surface area contributed by atoms with Gasteiger partial charge in [0, 0.05) is 31.3 Å². The summed E-state index contributed by atoms with van der Waals surface area (Å²) < 4.78 is 32.3. The van der Waals surface area contributed by atoms with E-state index in [1.807, 2.05) is 0 Å². The number of ether oxygens (including phenoxy) is 1. The van der Waals surface area contributed by atoms with Gasteiger partial charge in [0.1, 0.15) is 11.6 Å². The Bertz CT molecular complexity index is 710. The summed E-state index contributed by atoms with van der Waals surface area (Å²) in [5.74, 6) is -1.18. The zero-order valence-electron chi connectivity index (χ0n) is 14.3. The van der Waals surface area contributed by atoms with Gasteiger partial charge in [-0.25, -0.2) is 8.78 Å². The van der Waals surface area contributed by atoms with Crippen molar-refractivity contribution < 1.29 is 18.6 Å². The van der Waals surface area contributed by atoms with Crippen LogP contribution in [0.4, 0.5) is 8.78 Å². The minimum absolute atomic E-state index is 0.348. The minimum Gasteiger partial charge on any atom is -0.385 e. The van der Waals surface area contributed by atoms with Crippen LogP contribution < -0.4 is 0 Å². The van der Waals surface area contributed by atoms with Gasteiger partial charge in [0.25, 0.3) is 0 Å². The van der Waals surface area contributed by atoms with E-state index in [0.29, 0.717) is 17.5 Å². The van der Waals surface area contributed by atoms with Gasteiger partial charge in [-0.2, -0.15) is 0 Å². The molecule has 1 N–H and O–H groups in total. The van der Waals surface area contributed by atoms with Gasteiger partial charge in [-0.3, -0.25) is 4.90 Å². The third-order valence-corrected chi connectivity index (χ3v) is 4.77. The van der Waals surface area contributed by atoms with Crippen molar-refractivity contribution in [3.63, 3.8) is 0 Å². The molecule has 0 radical (unpaired) electrons. The number of aliphatic hydroxyl groups is 1. The molecule has 0 amide bonds. The highest BCUT2D eigenvalue weighted by Crippen LogP contribution is 2.29. The molecular formula is C20H23F2NO2. The van der Waals surface area contributed by atoms with E-state index < -0.39 is 17.2 Å². The molecule has 0 saturated carbocycles. The second-order valence-corrected chi connectivity index (χ2v) is 6.68. The number of morpholine rings is 1. The van der Waals surface area contributed by atoms with Gasteiger partial charge in [-0.15, -0.1) is 0 Å². The van der Waals surface area contributed by atoms with Gasteiger partial charge in [-0.05, 0) is 36.6 Å². The summed E-state index contributed by atoms with van der Waals surface area (Å²) in [4.78, 5) is 2.28. The molecule has 5 heteroatoms. The van der Waals surface area contributed by atoms with Crippen LogP contribution in [-0.2, 0) is 10.3 Å². The van der Waals surface area contributed by atoms with Crippen LogP contribution in [0.15, 0.2) is 42.5 Å². The topological polar surface area (TPSA) is 32.7 Å². The van der Waals surface area contributed by atoms with Crippen molar-refractivity contribution in [2.75, 3.05) is 32.8 Å². The monoisotopic (exact) mass is 347 g/mol. The Labute approximate surface area is 146 Å². The molecule has 2 aromatic carbocycles. The van der Waals surface area contributed by atoms with Crippen LogP contribution in [0, 0.1) is 11.6 Å². The third kappa shape index (κ3) is 4.42. The number of nitrogens with zero attached hydrogens (tertiary/aromatic N) is 1. The van der Waals surface area contributed by atoms with Gasteiger partial charge < -0.3 is 9.84 Å².